The molecule has 2 aromatic rings. The van der Waals surface area contributed by atoms with Crippen LogP contribution < -0.4 is 10.6 Å². The van der Waals surface area contributed by atoms with Gasteiger partial charge in [-0.2, -0.15) is 5.26 Å². The second-order valence-corrected chi connectivity index (χ2v) is 5.34. The van der Waals surface area contributed by atoms with Crippen molar-refractivity contribution in [3.8, 4) is 6.07 Å². The lowest BCUT2D eigenvalue weighted by molar-refractivity contribution is -0.112. The fourth-order valence-corrected chi connectivity index (χ4v) is 2.13. The van der Waals surface area contributed by atoms with Gasteiger partial charge in [-0.15, -0.1) is 0 Å². The number of carbonyl (C=O) groups is 1. The molecular weight excluding hydrogens is 305 g/mol. The van der Waals surface area contributed by atoms with Crippen LogP contribution in [0.3, 0.4) is 0 Å². The highest BCUT2D eigenvalue weighted by molar-refractivity contribution is 6.06. The summed E-state index contributed by atoms with van der Waals surface area (Å²) in [5, 5.41) is 14.7. The van der Waals surface area contributed by atoms with E-state index < -0.39 is 5.91 Å². The van der Waals surface area contributed by atoms with Crippen molar-refractivity contribution >= 4 is 11.6 Å². The van der Waals surface area contributed by atoms with Crippen LogP contribution in [-0.2, 0) is 11.3 Å². The molecule has 0 aliphatic carbocycles. The summed E-state index contributed by atoms with van der Waals surface area (Å²) in [4.78, 5) is 12.2. The number of anilines is 1. The zero-order chi connectivity index (χ0) is 17.5. The molecule has 0 saturated carbocycles. The van der Waals surface area contributed by atoms with Crippen molar-refractivity contribution in [2.45, 2.75) is 20.4 Å². The maximum atomic E-state index is 13.5. The molecule has 2 rings (SSSR count). The van der Waals surface area contributed by atoms with Gasteiger partial charge in [-0.25, -0.2) is 4.39 Å². The fourth-order valence-electron chi connectivity index (χ4n) is 2.13. The summed E-state index contributed by atoms with van der Waals surface area (Å²) >= 11 is 0. The third kappa shape index (κ3) is 4.20. The van der Waals surface area contributed by atoms with Gasteiger partial charge in [-0.3, -0.25) is 4.79 Å². The van der Waals surface area contributed by atoms with Gasteiger partial charge in [0.1, 0.15) is 17.5 Å². The van der Waals surface area contributed by atoms with Crippen molar-refractivity contribution in [1.29, 1.82) is 5.26 Å². The zero-order valence-corrected chi connectivity index (χ0v) is 13.6. The van der Waals surface area contributed by atoms with Gasteiger partial charge in [-0.1, -0.05) is 30.3 Å². The molecule has 0 radical (unpaired) electrons. The minimum Gasteiger partial charge on any atom is -0.385 e. The second kappa shape index (κ2) is 7.93. The first-order valence-corrected chi connectivity index (χ1v) is 7.47. The number of nitrogens with one attached hydrogen (secondary N) is 2. The number of halogens is 1. The Bertz CT molecular complexity index is 822. The molecule has 2 aromatic carbocycles. The average molecular weight is 323 g/mol. The standard InChI is InChI=1S/C19H18FN3O/c1-13-6-5-9-18(14(13)2)23-19(24)16(10-21)12-22-11-15-7-3-4-8-17(15)20/h3-9,12,22H,11H2,1-2H3,(H,23,24)/b16-12-. The van der Waals surface area contributed by atoms with Gasteiger partial charge in [0.05, 0.1) is 0 Å². The van der Waals surface area contributed by atoms with Crippen LogP contribution in [-0.4, -0.2) is 5.91 Å². The quantitative estimate of drug-likeness (QED) is 0.653. The summed E-state index contributed by atoms with van der Waals surface area (Å²) in [6, 6.07) is 13.7. The summed E-state index contributed by atoms with van der Waals surface area (Å²) in [5.74, 6) is -0.844. The van der Waals surface area contributed by atoms with Gasteiger partial charge in [0, 0.05) is 24.0 Å². The molecule has 0 saturated heterocycles. The number of nitrogens with zero attached hydrogens (tertiary/aromatic N) is 1. The van der Waals surface area contributed by atoms with E-state index in [0.29, 0.717) is 11.3 Å². The Labute approximate surface area is 140 Å². The summed E-state index contributed by atoms with van der Waals surface area (Å²) in [5.41, 5.74) is 3.04. The van der Waals surface area contributed by atoms with Gasteiger partial charge in [0.15, 0.2) is 0 Å². The Morgan fingerprint density at radius 1 is 1.21 bits per heavy atom. The first-order chi connectivity index (χ1) is 11.5. The van der Waals surface area contributed by atoms with E-state index in [1.807, 2.05) is 32.0 Å². The lowest BCUT2D eigenvalue weighted by atomic mass is 10.1. The van der Waals surface area contributed by atoms with Crippen LogP contribution in [0.15, 0.2) is 54.2 Å². The maximum absolute atomic E-state index is 13.5. The molecule has 0 aliphatic rings. The molecule has 5 heteroatoms. The SMILES string of the molecule is Cc1cccc(NC(=O)/C(C#N)=C\NCc2ccccc2F)c1C. The third-order valence-electron chi connectivity index (χ3n) is 3.71. The second-order valence-electron chi connectivity index (χ2n) is 5.34. The van der Waals surface area contributed by atoms with Crippen molar-refractivity contribution in [3.63, 3.8) is 0 Å². The minimum absolute atomic E-state index is 0.0766. The van der Waals surface area contributed by atoms with Crippen molar-refractivity contribution in [1.82, 2.24) is 5.32 Å². The highest BCUT2D eigenvalue weighted by atomic mass is 19.1. The molecular formula is C19H18FN3O. The molecule has 0 aromatic heterocycles. The molecule has 0 bridgehead atoms. The maximum Gasteiger partial charge on any atom is 0.267 e. The number of hydrogen-bond acceptors (Lipinski definition) is 3. The Hall–Kier alpha value is -3.13. The van der Waals surface area contributed by atoms with Crippen LogP contribution in [0.5, 0.6) is 0 Å². The van der Waals surface area contributed by atoms with Gasteiger partial charge in [-0.05, 0) is 37.1 Å². The van der Waals surface area contributed by atoms with Crippen LogP contribution in [0.2, 0.25) is 0 Å². The highest BCUT2D eigenvalue weighted by Crippen LogP contribution is 2.18. The summed E-state index contributed by atoms with van der Waals surface area (Å²) in [7, 11) is 0. The molecule has 1 amide bonds. The molecule has 0 fully saturated rings. The van der Waals surface area contributed by atoms with E-state index in [1.165, 1.54) is 12.3 Å². The number of rotatable bonds is 5. The largest absolute Gasteiger partial charge is 0.385 e. The molecule has 0 spiro atoms. The van der Waals surface area contributed by atoms with E-state index in [0.717, 1.165) is 11.1 Å². The molecule has 0 heterocycles. The normalized spacial score (nSPS) is 10.8. The first-order valence-electron chi connectivity index (χ1n) is 7.47. The van der Waals surface area contributed by atoms with E-state index in [9.17, 15) is 9.18 Å². The molecule has 0 atom stereocenters. The van der Waals surface area contributed by atoms with Crippen molar-refractivity contribution in [2.24, 2.45) is 0 Å². The van der Waals surface area contributed by atoms with E-state index in [2.05, 4.69) is 10.6 Å². The van der Waals surface area contributed by atoms with Crippen LogP contribution in [0.25, 0.3) is 0 Å². The number of hydrogen-bond donors (Lipinski definition) is 2. The minimum atomic E-state index is -0.507. The van der Waals surface area contributed by atoms with Crippen LogP contribution in [0.1, 0.15) is 16.7 Å². The Kier molecular flexibility index (Phi) is 5.69. The van der Waals surface area contributed by atoms with E-state index in [4.69, 9.17) is 5.26 Å². The molecule has 0 unspecified atom stereocenters. The summed E-state index contributed by atoms with van der Waals surface area (Å²) in [6.45, 7) is 4.04. The molecule has 4 nitrogen and oxygen atoms in total. The van der Waals surface area contributed by atoms with Crippen LogP contribution in [0.4, 0.5) is 10.1 Å². The number of amides is 1. The molecule has 24 heavy (non-hydrogen) atoms. The van der Waals surface area contributed by atoms with Crippen molar-refractivity contribution < 1.29 is 9.18 Å². The zero-order valence-electron chi connectivity index (χ0n) is 13.6. The van der Waals surface area contributed by atoms with E-state index in [1.54, 1.807) is 24.3 Å². The van der Waals surface area contributed by atoms with Crippen LogP contribution >= 0.6 is 0 Å². The highest BCUT2D eigenvalue weighted by Gasteiger charge is 2.11. The Balaban J connectivity index is 2.05. The summed E-state index contributed by atoms with van der Waals surface area (Å²) in [6.07, 6.45) is 1.30. The number of aryl methyl sites for hydroxylation is 1. The van der Waals surface area contributed by atoms with E-state index >= 15 is 0 Å². The lowest BCUT2D eigenvalue weighted by Gasteiger charge is -2.10. The third-order valence-corrected chi connectivity index (χ3v) is 3.71. The molecule has 122 valence electrons. The first kappa shape index (κ1) is 17.2. The Morgan fingerprint density at radius 2 is 1.96 bits per heavy atom. The monoisotopic (exact) mass is 323 g/mol. The number of benzene rings is 2. The molecule has 0 aliphatic heterocycles. The van der Waals surface area contributed by atoms with Crippen LogP contribution in [0, 0.1) is 31.0 Å². The average Bonchev–Trinajstić information content (AvgIpc) is 2.57. The van der Waals surface area contributed by atoms with Crippen molar-refractivity contribution in [3.05, 3.63) is 76.7 Å². The topological polar surface area (TPSA) is 64.9 Å². The van der Waals surface area contributed by atoms with Crippen molar-refractivity contribution in [2.75, 3.05) is 5.32 Å². The number of carbonyl (C=O) groups excluding carboxylic acids is 1. The number of nitriles is 1. The fraction of sp³-hybridized carbons (Fsp3) is 0.158. The van der Waals surface area contributed by atoms with Gasteiger partial charge in [0.25, 0.3) is 5.91 Å². The van der Waals surface area contributed by atoms with Gasteiger partial charge >= 0.3 is 0 Å². The van der Waals surface area contributed by atoms with Gasteiger partial charge < -0.3 is 10.6 Å². The van der Waals surface area contributed by atoms with Gasteiger partial charge in [0.2, 0.25) is 0 Å². The predicted molar refractivity (Wildman–Crippen MR) is 91.5 cm³/mol. The summed E-state index contributed by atoms with van der Waals surface area (Å²) < 4.78 is 13.5. The molecule has 2 N–H and O–H groups in total. The Morgan fingerprint density at radius 3 is 2.67 bits per heavy atom. The smallest absolute Gasteiger partial charge is 0.267 e. The van der Waals surface area contributed by atoms with E-state index in [-0.39, 0.29) is 17.9 Å². The predicted octanol–water partition coefficient (Wildman–Crippen LogP) is 3.58. The lowest BCUT2D eigenvalue weighted by Crippen LogP contribution is -2.17.